The van der Waals surface area contributed by atoms with Gasteiger partial charge in [-0.3, -0.25) is 4.79 Å². The van der Waals surface area contributed by atoms with Crippen molar-refractivity contribution in [2.45, 2.75) is 38.3 Å². The summed E-state index contributed by atoms with van der Waals surface area (Å²) in [5.74, 6) is 0.726. The van der Waals surface area contributed by atoms with Crippen molar-refractivity contribution in [3.63, 3.8) is 0 Å². The third-order valence-electron chi connectivity index (χ3n) is 3.57. The fourth-order valence-corrected chi connectivity index (χ4v) is 2.35. The Kier molecular flexibility index (Phi) is 3.03. The van der Waals surface area contributed by atoms with E-state index in [-0.39, 0.29) is 5.91 Å². The van der Waals surface area contributed by atoms with Crippen molar-refractivity contribution in [1.29, 1.82) is 0 Å². The van der Waals surface area contributed by atoms with E-state index in [0.29, 0.717) is 18.5 Å². The topological polar surface area (TPSA) is 63.1 Å². The van der Waals surface area contributed by atoms with Crippen LogP contribution in [0.25, 0.3) is 0 Å². The molecular formula is C12H19N5O. The summed E-state index contributed by atoms with van der Waals surface area (Å²) in [5, 5.41) is 11.5. The first-order valence-corrected chi connectivity index (χ1v) is 6.63. The molecule has 2 aliphatic rings. The largest absolute Gasteiger partial charge is 0.338 e. The number of carbonyl (C=O) groups excluding carboxylic acids is 1. The Labute approximate surface area is 106 Å². The molecule has 0 radical (unpaired) electrons. The number of hydrogen-bond acceptors (Lipinski definition) is 4. The summed E-state index contributed by atoms with van der Waals surface area (Å²) in [7, 11) is 0. The van der Waals surface area contributed by atoms with Crippen LogP contribution in [0.2, 0.25) is 0 Å². The molecule has 0 aromatic carbocycles. The van der Waals surface area contributed by atoms with Gasteiger partial charge in [0, 0.05) is 37.8 Å². The number of aromatic nitrogens is 3. The van der Waals surface area contributed by atoms with Crippen LogP contribution >= 0.6 is 0 Å². The van der Waals surface area contributed by atoms with E-state index in [2.05, 4.69) is 22.6 Å². The molecular weight excluding hydrogens is 230 g/mol. The van der Waals surface area contributed by atoms with E-state index in [0.717, 1.165) is 25.3 Å². The SMILES string of the molecule is C[C@@H]1CN(C(=O)Cn2cc(C3CC3)nn2)CCN1. The summed E-state index contributed by atoms with van der Waals surface area (Å²) < 4.78 is 1.67. The molecule has 1 amide bonds. The van der Waals surface area contributed by atoms with Gasteiger partial charge in [-0.25, -0.2) is 4.68 Å². The molecule has 18 heavy (non-hydrogen) atoms. The molecule has 1 aliphatic carbocycles. The Morgan fingerprint density at radius 1 is 1.56 bits per heavy atom. The minimum Gasteiger partial charge on any atom is -0.338 e. The summed E-state index contributed by atoms with van der Waals surface area (Å²) in [4.78, 5) is 14.0. The first-order chi connectivity index (χ1) is 8.72. The van der Waals surface area contributed by atoms with E-state index in [1.54, 1.807) is 4.68 Å². The van der Waals surface area contributed by atoms with Crippen LogP contribution in [-0.2, 0) is 11.3 Å². The molecule has 6 heteroatoms. The first kappa shape index (κ1) is 11.6. The molecule has 3 rings (SSSR count). The predicted octanol–water partition coefficient (Wildman–Crippen LogP) is -0.0242. The number of nitrogens with one attached hydrogen (secondary N) is 1. The van der Waals surface area contributed by atoms with Crippen LogP contribution in [0.3, 0.4) is 0 Å². The Balaban J connectivity index is 1.58. The normalized spacial score (nSPS) is 24.3. The number of piperazine rings is 1. The van der Waals surface area contributed by atoms with Crippen LogP contribution in [0.1, 0.15) is 31.4 Å². The average Bonchev–Trinajstić information content (AvgIpc) is 3.11. The van der Waals surface area contributed by atoms with E-state index in [4.69, 9.17) is 0 Å². The van der Waals surface area contributed by atoms with E-state index in [9.17, 15) is 4.79 Å². The summed E-state index contributed by atoms with van der Waals surface area (Å²) in [6.07, 6.45) is 4.34. The van der Waals surface area contributed by atoms with E-state index < -0.39 is 0 Å². The Morgan fingerprint density at radius 2 is 2.39 bits per heavy atom. The second kappa shape index (κ2) is 4.68. The van der Waals surface area contributed by atoms with Crippen LogP contribution in [-0.4, -0.2) is 51.5 Å². The number of rotatable bonds is 3. The summed E-state index contributed by atoms with van der Waals surface area (Å²) in [5.41, 5.74) is 1.04. The average molecular weight is 249 g/mol. The molecule has 1 saturated heterocycles. The molecule has 98 valence electrons. The second-order valence-electron chi connectivity index (χ2n) is 5.31. The molecule has 1 saturated carbocycles. The molecule has 6 nitrogen and oxygen atoms in total. The van der Waals surface area contributed by atoms with Crippen LogP contribution in [0.5, 0.6) is 0 Å². The summed E-state index contributed by atoms with van der Waals surface area (Å²) in [6, 6.07) is 0.375. The highest BCUT2D eigenvalue weighted by Crippen LogP contribution is 2.38. The van der Waals surface area contributed by atoms with Gasteiger partial charge < -0.3 is 10.2 Å². The molecule has 2 heterocycles. The molecule has 1 aliphatic heterocycles. The van der Waals surface area contributed by atoms with Gasteiger partial charge in [0.1, 0.15) is 6.54 Å². The lowest BCUT2D eigenvalue weighted by Gasteiger charge is -2.31. The minimum atomic E-state index is 0.135. The molecule has 1 aromatic heterocycles. The molecule has 1 N–H and O–H groups in total. The summed E-state index contributed by atoms with van der Waals surface area (Å²) in [6.45, 7) is 4.85. The second-order valence-corrected chi connectivity index (χ2v) is 5.31. The van der Waals surface area contributed by atoms with Crippen molar-refractivity contribution < 1.29 is 4.79 Å². The highest BCUT2D eigenvalue weighted by molar-refractivity contribution is 5.76. The fraction of sp³-hybridized carbons (Fsp3) is 0.750. The van der Waals surface area contributed by atoms with Crippen molar-refractivity contribution >= 4 is 5.91 Å². The van der Waals surface area contributed by atoms with Gasteiger partial charge in [0.25, 0.3) is 0 Å². The third kappa shape index (κ3) is 2.53. The quantitative estimate of drug-likeness (QED) is 0.817. The van der Waals surface area contributed by atoms with Crippen LogP contribution in [0.15, 0.2) is 6.20 Å². The van der Waals surface area contributed by atoms with Gasteiger partial charge in [-0.05, 0) is 19.8 Å². The maximum atomic E-state index is 12.1. The smallest absolute Gasteiger partial charge is 0.244 e. The van der Waals surface area contributed by atoms with Crippen molar-refractivity contribution in [3.8, 4) is 0 Å². The van der Waals surface area contributed by atoms with Gasteiger partial charge in [-0.1, -0.05) is 5.21 Å². The summed E-state index contributed by atoms with van der Waals surface area (Å²) >= 11 is 0. The lowest BCUT2D eigenvalue weighted by atomic mass is 10.2. The highest BCUT2D eigenvalue weighted by Gasteiger charge is 2.27. The van der Waals surface area contributed by atoms with Gasteiger partial charge in [0.2, 0.25) is 5.91 Å². The minimum absolute atomic E-state index is 0.135. The predicted molar refractivity (Wildman–Crippen MR) is 66.0 cm³/mol. The number of nitrogens with zero attached hydrogens (tertiary/aromatic N) is 4. The van der Waals surface area contributed by atoms with Crippen molar-refractivity contribution in [1.82, 2.24) is 25.2 Å². The zero-order chi connectivity index (χ0) is 12.5. The maximum absolute atomic E-state index is 12.1. The standard InChI is InChI=1S/C12H19N5O/c1-9-6-16(5-4-13-9)12(18)8-17-7-11(14-15-17)10-2-3-10/h7,9-10,13H,2-6,8H2,1H3/t9-/m1/s1. The lowest BCUT2D eigenvalue weighted by Crippen LogP contribution is -2.52. The third-order valence-corrected chi connectivity index (χ3v) is 3.57. The van der Waals surface area contributed by atoms with Crippen LogP contribution < -0.4 is 5.32 Å². The molecule has 2 fully saturated rings. The van der Waals surface area contributed by atoms with Crippen molar-refractivity contribution in [2.24, 2.45) is 0 Å². The lowest BCUT2D eigenvalue weighted by molar-refractivity contribution is -0.133. The van der Waals surface area contributed by atoms with Gasteiger partial charge in [-0.15, -0.1) is 5.10 Å². The van der Waals surface area contributed by atoms with Crippen LogP contribution in [0.4, 0.5) is 0 Å². The fourth-order valence-electron chi connectivity index (χ4n) is 2.35. The zero-order valence-electron chi connectivity index (χ0n) is 10.7. The molecule has 1 aromatic rings. The molecule has 1 atom stereocenters. The van der Waals surface area contributed by atoms with Gasteiger partial charge >= 0.3 is 0 Å². The Hall–Kier alpha value is -1.43. The maximum Gasteiger partial charge on any atom is 0.244 e. The number of carbonyl (C=O) groups is 1. The van der Waals surface area contributed by atoms with E-state index in [1.165, 1.54) is 12.8 Å². The Bertz CT molecular complexity index is 439. The Morgan fingerprint density at radius 3 is 3.11 bits per heavy atom. The van der Waals surface area contributed by atoms with Gasteiger partial charge in [-0.2, -0.15) is 0 Å². The van der Waals surface area contributed by atoms with E-state index in [1.807, 2.05) is 11.1 Å². The van der Waals surface area contributed by atoms with E-state index >= 15 is 0 Å². The van der Waals surface area contributed by atoms with Gasteiger partial charge in [0.15, 0.2) is 0 Å². The first-order valence-electron chi connectivity index (χ1n) is 6.63. The molecule has 0 bridgehead atoms. The van der Waals surface area contributed by atoms with Crippen LogP contribution in [0, 0.1) is 0 Å². The number of amides is 1. The highest BCUT2D eigenvalue weighted by atomic mass is 16.2. The number of hydrogen-bond donors (Lipinski definition) is 1. The van der Waals surface area contributed by atoms with Crippen molar-refractivity contribution in [3.05, 3.63) is 11.9 Å². The van der Waals surface area contributed by atoms with Gasteiger partial charge in [0.05, 0.1) is 5.69 Å². The van der Waals surface area contributed by atoms with Crippen molar-refractivity contribution in [2.75, 3.05) is 19.6 Å². The monoisotopic (exact) mass is 249 g/mol. The molecule has 0 unspecified atom stereocenters. The molecule has 0 spiro atoms. The zero-order valence-corrected chi connectivity index (χ0v) is 10.7.